The predicted octanol–water partition coefficient (Wildman–Crippen LogP) is 2.51. The number of methoxy groups -OCH3 is 2. The van der Waals surface area contributed by atoms with Crippen molar-refractivity contribution >= 4 is 27.3 Å². The topological polar surface area (TPSA) is 85.9 Å². The summed E-state index contributed by atoms with van der Waals surface area (Å²) in [5.74, 6) is 1.42. The van der Waals surface area contributed by atoms with Gasteiger partial charge in [0.1, 0.15) is 23.4 Å². The Bertz CT molecular complexity index is 792. The molecule has 0 bridgehead atoms. The van der Waals surface area contributed by atoms with Crippen molar-refractivity contribution in [1.82, 2.24) is 5.32 Å². The van der Waals surface area contributed by atoms with Crippen molar-refractivity contribution in [3.8, 4) is 5.75 Å². The second-order valence-corrected chi connectivity index (χ2v) is 7.85. The lowest BCUT2D eigenvalue weighted by atomic mass is 10.1. The van der Waals surface area contributed by atoms with E-state index in [9.17, 15) is 8.42 Å². The molecule has 2 N–H and O–H groups in total. The van der Waals surface area contributed by atoms with E-state index in [1.54, 1.807) is 30.4 Å². The van der Waals surface area contributed by atoms with Crippen molar-refractivity contribution in [3.63, 3.8) is 0 Å². The molecule has 0 radical (unpaired) electrons. The third-order valence-electron chi connectivity index (χ3n) is 3.79. The molecule has 0 fully saturated rings. The number of likely N-dealkylation sites (N-methyl/N-ethyl adjacent to an activating group) is 1. The zero-order chi connectivity index (χ0) is 19.2. The van der Waals surface area contributed by atoms with E-state index in [2.05, 4.69) is 10.0 Å². The van der Waals surface area contributed by atoms with Gasteiger partial charge in [-0.15, -0.1) is 0 Å². The fourth-order valence-electron chi connectivity index (χ4n) is 2.40. The minimum absolute atomic E-state index is 0.185. The molecular weight excluding hydrogens is 380 g/mol. The Morgan fingerprint density at radius 2 is 2.04 bits per heavy atom. The fraction of sp³-hybridized carbons (Fsp3) is 0.412. The maximum atomic E-state index is 12.7. The molecule has 1 aromatic rings. The van der Waals surface area contributed by atoms with Gasteiger partial charge in [-0.1, -0.05) is 17.7 Å². The first kappa shape index (κ1) is 20.4. The lowest BCUT2D eigenvalue weighted by Gasteiger charge is -2.22. The highest BCUT2D eigenvalue weighted by atomic mass is 35.5. The molecule has 0 saturated carbocycles. The Morgan fingerprint density at radius 3 is 2.69 bits per heavy atom. The number of hydrogen-bond donors (Lipinski definition) is 2. The number of halogens is 1. The van der Waals surface area contributed by atoms with E-state index >= 15 is 0 Å². The Morgan fingerprint density at radius 1 is 1.27 bits per heavy atom. The van der Waals surface area contributed by atoms with Crippen LogP contribution in [-0.2, 0) is 19.5 Å². The van der Waals surface area contributed by atoms with Crippen molar-refractivity contribution in [2.75, 3.05) is 39.1 Å². The Kier molecular flexibility index (Phi) is 7.19. The van der Waals surface area contributed by atoms with Crippen molar-refractivity contribution in [2.24, 2.45) is 0 Å². The van der Waals surface area contributed by atoms with Gasteiger partial charge in [-0.25, -0.2) is 8.42 Å². The zero-order valence-electron chi connectivity index (χ0n) is 14.9. The van der Waals surface area contributed by atoms with Crippen molar-refractivity contribution in [2.45, 2.75) is 11.7 Å². The Hall–Kier alpha value is -1.90. The lowest BCUT2D eigenvalue weighted by molar-refractivity contribution is 0.219. The molecule has 7 nitrogen and oxygen atoms in total. The number of anilines is 1. The maximum Gasteiger partial charge on any atom is 0.239 e. The number of nitrogens with one attached hydrogen (secondary N) is 2. The van der Waals surface area contributed by atoms with E-state index in [0.717, 1.165) is 0 Å². The molecule has 0 heterocycles. The molecule has 0 aromatic heterocycles. The molecule has 0 spiro atoms. The number of benzene rings is 1. The smallest absolute Gasteiger partial charge is 0.239 e. The van der Waals surface area contributed by atoms with E-state index in [1.165, 1.54) is 14.2 Å². The summed E-state index contributed by atoms with van der Waals surface area (Å²) in [6.07, 6.45) is 3.36. The largest absolute Gasteiger partial charge is 0.497 e. The van der Waals surface area contributed by atoms with Crippen LogP contribution in [0.1, 0.15) is 6.42 Å². The summed E-state index contributed by atoms with van der Waals surface area (Å²) in [6.45, 7) is 1.06. The van der Waals surface area contributed by atoms with Gasteiger partial charge in [-0.2, -0.15) is 0 Å². The Labute approximate surface area is 159 Å². The molecule has 0 saturated heterocycles. The van der Waals surface area contributed by atoms with Crippen LogP contribution in [0.25, 0.3) is 0 Å². The molecule has 1 aliphatic rings. The number of ether oxygens (including phenoxy) is 3. The molecular formula is C17H23ClN2O5S. The summed E-state index contributed by atoms with van der Waals surface area (Å²) in [6, 6.07) is 4.75. The highest BCUT2D eigenvalue weighted by Gasteiger charge is 2.29. The number of sulfonamides is 1. The van der Waals surface area contributed by atoms with E-state index in [-0.39, 0.29) is 6.42 Å². The van der Waals surface area contributed by atoms with Gasteiger partial charge in [0.25, 0.3) is 0 Å². The molecule has 0 amide bonds. The van der Waals surface area contributed by atoms with Crippen LogP contribution in [0.15, 0.2) is 41.9 Å². The standard InChI is InChI=1S/C17H23ClN2O5S/c1-19-8-9-25-16-10-12(4-6-14(16)18)20-26(21,22)13-5-7-15(23-2)17(11-13)24-3/h4-7,10,13,19-20H,8-9,11H2,1-3H3. The summed E-state index contributed by atoms with van der Waals surface area (Å²) in [5, 5.41) is 2.59. The highest BCUT2D eigenvalue weighted by Crippen LogP contribution is 2.30. The van der Waals surface area contributed by atoms with Gasteiger partial charge in [0.2, 0.25) is 10.0 Å². The van der Waals surface area contributed by atoms with Gasteiger partial charge >= 0.3 is 0 Å². The molecule has 0 aliphatic heterocycles. The first-order valence-corrected chi connectivity index (χ1v) is 9.91. The van der Waals surface area contributed by atoms with Crippen LogP contribution in [0.3, 0.4) is 0 Å². The highest BCUT2D eigenvalue weighted by molar-refractivity contribution is 7.93. The van der Waals surface area contributed by atoms with E-state index in [1.807, 2.05) is 7.05 Å². The van der Waals surface area contributed by atoms with Gasteiger partial charge in [0, 0.05) is 19.0 Å². The summed E-state index contributed by atoms with van der Waals surface area (Å²) in [5.41, 5.74) is 0.378. The maximum absolute atomic E-state index is 12.7. The quantitative estimate of drug-likeness (QED) is 0.617. The van der Waals surface area contributed by atoms with E-state index in [0.29, 0.717) is 41.1 Å². The zero-order valence-corrected chi connectivity index (χ0v) is 16.5. The van der Waals surface area contributed by atoms with Crippen LogP contribution < -0.4 is 14.8 Å². The van der Waals surface area contributed by atoms with E-state index < -0.39 is 15.3 Å². The molecule has 1 unspecified atom stereocenters. The summed E-state index contributed by atoms with van der Waals surface area (Å²) >= 11 is 6.09. The van der Waals surface area contributed by atoms with Crippen LogP contribution in [-0.4, -0.2) is 48.1 Å². The monoisotopic (exact) mass is 402 g/mol. The minimum atomic E-state index is -3.68. The first-order valence-electron chi connectivity index (χ1n) is 7.99. The van der Waals surface area contributed by atoms with Crippen LogP contribution >= 0.6 is 11.6 Å². The molecule has 2 rings (SSSR count). The van der Waals surface area contributed by atoms with Gasteiger partial charge in [0.05, 0.1) is 24.9 Å². The van der Waals surface area contributed by atoms with Crippen molar-refractivity contribution < 1.29 is 22.6 Å². The first-order chi connectivity index (χ1) is 12.4. The third-order valence-corrected chi connectivity index (χ3v) is 5.74. The van der Waals surface area contributed by atoms with Crippen molar-refractivity contribution in [3.05, 3.63) is 46.9 Å². The summed E-state index contributed by atoms with van der Waals surface area (Å²) in [7, 11) is 1.12. The normalized spacial score (nSPS) is 17.2. The average molecular weight is 403 g/mol. The Balaban J connectivity index is 2.13. The second-order valence-electron chi connectivity index (χ2n) is 5.54. The van der Waals surface area contributed by atoms with Gasteiger partial charge in [0.15, 0.2) is 5.76 Å². The second kappa shape index (κ2) is 9.16. The van der Waals surface area contributed by atoms with Crippen LogP contribution in [0, 0.1) is 0 Å². The van der Waals surface area contributed by atoms with E-state index in [4.69, 9.17) is 25.8 Å². The SMILES string of the molecule is CNCCOc1cc(NS(=O)(=O)C2C=CC(OC)=C(OC)C2)ccc1Cl. The van der Waals surface area contributed by atoms with Crippen LogP contribution in [0.4, 0.5) is 5.69 Å². The third kappa shape index (κ3) is 5.06. The lowest BCUT2D eigenvalue weighted by Crippen LogP contribution is -2.28. The molecule has 1 aliphatic carbocycles. The van der Waals surface area contributed by atoms with Gasteiger partial charge in [-0.05, 0) is 25.3 Å². The van der Waals surface area contributed by atoms with Gasteiger partial charge < -0.3 is 19.5 Å². The summed E-state index contributed by atoms with van der Waals surface area (Å²) in [4.78, 5) is 0. The molecule has 9 heteroatoms. The fourth-order valence-corrected chi connectivity index (χ4v) is 3.83. The van der Waals surface area contributed by atoms with Crippen LogP contribution in [0.5, 0.6) is 5.75 Å². The predicted molar refractivity (Wildman–Crippen MR) is 102 cm³/mol. The number of hydrogen-bond acceptors (Lipinski definition) is 6. The van der Waals surface area contributed by atoms with Crippen molar-refractivity contribution in [1.29, 1.82) is 0 Å². The molecule has 1 aromatic carbocycles. The summed E-state index contributed by atoms with van der Waals surface area (Å²) < 4.78 is 43.9. The molecule has 26 heavy (non-hydrogen) atoms. The number of rotatable bonds is 9. The minimum Gasteiger partial charge on any atom is -0.497 e. The molecule has 1 atom stereocenters. The number of allylic oxidation sites excluding steroid dienone is 2. The average Bonchev–Trinajstić information content (AvgIpc) is 2.63. The van der Waals surface area contributed by atoms with Gasteiger partial charge in [-0.3, -0.25) is 4.72 Å². The van der Waals surface area contributed by atoms with Crippen LogP contribution in [0.2, 0.25) is 5.02 Å². The molecule has 144 valence electrons.